The van der Waals surface area contributed by atoms with Crippen molar-refractivity contribution in [3.8, 4) is 5.75 Å². The third-order valence-electron chi connectivity index (χ3n) is 8.78. The summed E-state index contributed by atoms with van der Waals surface area (Å²) in [4.78, 5) is 28.3. The first-order valence-corrected chi connectivity index (χ1v) is 18.5. The molecule has 0 saturated carbocycles. The summed E-state index contributed by atoms with van der Waals surface area (Å²) in [6.07, 6.45) is 18.0. The standard InChI is InChI=1S/C42H61N2O4.HI/c1-6-8-9-10-11-12-13-14-15-16-17-23-31-47-39-28-27-35(32-38(39)42(3,4)5)34-48-41(46)44(40(45)36-24-19-18-20-25-36)33-37-26-21-22-30-43(37)29-7-2;/h18-22,24-28,30,32H,6-17,23,29,31,33-34H2,1-5H3;1H/q+1;/p-1. The lowest BCUT2D eigenvalue weighted by Gasteiger charge is -2.24. The number of ether oxygens (including phenoxy) is 2. The van der Waals surface area contributed by atoms with Gasteiger partial charge < -0.3 is 33.5 Å². The van der Waals surface area contributed by atoms with E-state index in [1.165, 1.54) is 75.5 Å². The quantitative estimate of drug-likeness (QED) is 0.0631. The molecule has 0 N–H and O–H groups in total. The largest absolute Gasteiger partial charge is 1.00 e. The molecule has 3 rings (SSSR count). The molecule has 0 aliphatic rings. The molecule has 3 aromatic rings. The van der Waals surface area contributed by atoms with Crippen molar-refractivity contribution >= 4 is 12.0 Å². The van der Waals surface area contributed by atoms with E-state index in [1.807, 2.05) is 42.6 Å². The van der Waals surface area contributed by atoms with Crippen molar-refractivity contribution in [2.45, 2.75) is 143 Å². The maximum Gasteiger partial charge on any atom is 0.417 e. The number of rotatable bonds is 21. The lowest BCUT2D eigenvalue weighted by molar-refractivity contribution is -0.704. The Morgan fingerprint density at radius 1 is 0.735 bits per heavy atom. The fraction of sp³-hybridized carbons (Fsp3) is 0.548. The van der Waals surface area contributed by atoms with Gasteiger partial charge in [0.05, 0.1) is 6.61 Å². The molecule has 0 aliphatic carbocycles. The molecule has 1 heterocycles. The Kier molecular flexibility index (Phi) is 20.2. The predicted octanol–water partition coefficient (Wildman–Crippen LogP) is 7.74. The van der Waals surface area contributed by atoms with Gasteiger partial charge in [-0.25, -0.2) is 14.3 Å². The second-order valence-corrected chi connectivity index (χ2v) is 14.0. The highest BCUT2D eigenvalue weighted by molar-refractivity contribution is 6.02. The molecule has 0 unspecified atom stereocenters. The monoisotopic (exact) mass is 784 g/mol. The maximum atomic E-state index is 13.6. The summed E-state index contributed by atoms with van der Waals surface area (Å²) in [7, 11) is 0. The minimum absolute atomic E-state index is 0. The Morgan fingerprint density at radius 3 is 1.96 bits per heavy atom. The molecular weight excluding hydrogens is 723 g/mol. The highest BCUT2D eigenvalue weighted by atomic mass is 127. The van der Waals surface area contributed by atoms with Crippen LogP contribution in [-0.4, -0.2) is 23.5 Å². The van der Waals surface area contributed by atoms with Gasteiger partial charge in [0.1, 0.15) is 25.4 Å². The lowest BCUT2D eigenvalue weighted by atomic mass is 9.85. The molecule has 2 amide bonds. The van der Waals surface area contributed by atoms with Gasteiger partial charge in [0.25, 0.3) is 5.91 Å². The van der Waals surface area contributed by atoms with E-state index in [4.69, 9.17) is 9.47 Å². The van der Waals surface area contributed by atoms with Gasteiger partial charge >= 0.3 is 6.09 Å². The summed E-state index contributed by atoms with van der Waals surface area (Å²) in [6.45, 7) is 12.5. The average molecular weight is 785 g/mol. The molecule has 270 valence electrons. The van der Waals surface area contributed by atoms with E-state index in [9.17, 15) is 9.59 Å². The minimum atomic E-state index is -0.666. The molecule has 2 aromatic carbocycles. The zero-order chi connectivity index (χ0) is 34.6. The average Bonchev–Trinajstić information content (AvgIpc) is 3.09. The van der Waals surface area contributed by atoms with Crippen LogP contribution < -0.4 is 33.3 Å². The summed E-state index contributed by atoms with van der Waals surface area (Å²) >= 11 is 0. The fourth-order valence-electron chi connectivity index (χ4n) is 5.96. The van der Waals surface area contributed by atoms with Gasteiger partial charge in [-0.1, -0.05) is 136 Å². The first kappa shape index (κ1) is 42.2. The van der Waals surface area contributed by atoms with Crippen molar-refractivity contribution in [1.29, 1.82) is 0 Å². The number of benzene rings is 2. The topological polar surface area (TPSA) is 59.7 Å². The molecule has 0 saturated heterocycles. The Bertz CT molecular complexity index is 1370. The van der Waals surface area contributed by atoms with Crippen LogP contribution in [0.25, 0.3) is 0 Å². The second-order valence-electron chi connectivity index (χ2n) is 14.0. The number of carbonyl (C=O) groups is 2. The predicted molar refractivity (Wildman–Crippen MR) is 195 cm³/mol. The van der Waals surface area contributed by atoms with Crippen molar-refractivity contribution in [1.82, 2.24) is 4.90 Å². The van der Waals surface area contributed by atoms with Crippen LogP contribution in [0, 0.1) is 0 Å². The summed E-state index contributed by atoms with van der Waals surface area (Å²) in [5.41, 5.74) is 3.10. The Morgan fingerprint density at radius 2 is 1.35 bits per heavy atom. The lowest BCUT2D eigenvalue weighted by Crippen LogP contribution is -3.00. The summed E-state index contributed by atoms with van der Waals surface area (Å²) in [6, 6.07) is 20.7. The summed E-state index contributed by atoms with van der Waals surface area (Å²) in [5, 5.41) is 0. The number of aromatic nitrogens is 1. The number of carbonyl (C=O) groups excluding carboxylic acids is 2. The zero-order valence-corrected chi connectivity index (χ0v) is 33.0. The Balaban J connectivity index is 0.00000833. The molecule has 1 aromatic heterocycles. The van der Waals surface area contributed by atoms with E-state index in [1.54, 1.807) is 24.3 Å². The molecule has 7 heteroatoms. The van der Waals surface area contributed by atoms with Crippen molar-refractivity contribution in [2.24, 2.45) is 0 Å². The SMILES string of the molecule is CCCCCCCCCCCCCCOc1ccc(COC(=O)N(Cc2cccc[n+]2CCC)C(=O)c2ccccc2)cc1C(C)(C)C.[I-]. The van der Waals surface area contributed by atoms with Crippen LogP contribution in [0.15, 0.2) is 72.9 Å². The highest BCUT2D eigenvalue weighted by Crippen LogP contribution is 2.33. The number of imide groups is 1. The van der Waals surface area contributed by atoms with Gasteiger partial charge in [0, 0.05) is 24.1 Å². The Labute approximate surface area is 314 Å². The van der Waals surface area contributed by atoms with Crippen LogP contribution in [0.3, 0.4) is 0 Å². The molecule has 0 radical (unpaired) electrons. The molecule has 0 spiro atoms. The van der Waals surface area contributed by atoms with Crippen LogP contribution in [0.1, 0.15) is 145 Å². The molecule has 0 atom stereocenters. The smallest absolute Gasteiger partial charge is 0.417 e. The van der Waals surface area contributed by atoms with Crippen molar-refractivity contribution in [3.05, 3.63) is 95.3 Å². The molecule has 0 aliphatic heterocycles. The van der Waals surface area contributed by atoms with Crippen LogP contribution in [0.4, 0.5) is 4.79 Å². The van der Waals surface area contributed by atoms with E-state index >= 15 is 0 Å². The van der Waals surface area contributed by atoms with Crippen molar-refractivity contribution < 1.29 is 47.6 Å². The van der Waals surface area contributed by atoms with E-state index in [-0.39, 0.29) is 48.5 Å². The number of amides is 2. The normalized spacial score (nSPS) is 11.1. The molecule has 0 fully saturated rings. The van der Waals surface area contributed by atoms with E-state index in [0.717, 1.165) is 42.0 Å². The third kappa shape index (κ3) is 15.2. The highest BCUT2D eigenvalue weighted by Gasteiger charge is 2.28. The molecular formula is C42H61IN2O4. The fourth-order valence-corrected chi connectivity index (χ4v) is 5.96. The third-order valence-corrected chi connectivity index (χ3v) is 8.78. The van der Waals surface area contributed by atoms with E-state index < -0.39 is 6.09 Å². The molecule has 49 heavy (non-hydrogen) atoms. The zero-order valence-electron chi connectivity index (χ0n) is 30.9. The number of hydrogen-bond donors (Lipinski definition) is 0. The first-order chi connectivity index (χ1) is 23.2. The summed E-state index contributed by atoms with van der Waals surface area (Å²) < 4.78 is 14.2. The minimum Gasteiger partial charge on any atom is -1.00 e. The second kappa shape index (κ2) is 23.5. The number of pyridine rings is 1. The van der Waals surface area contributed by atoms with Crippen molar-refractivity contribution in [2.75, 3.05) is 6.61 Å². The van der Waals surface area contributed by atoms with Crippen LogP contribution >= 0.6 is 0 Å². The maximum absolute atomic E-state index is 13.6. The van der Waals surface area contributed by atoms with Crippen molar-refractivity contribution in [3.63, 3.8) is 0 Å². The van der Waals surface area contributed by atoms with E-state index in [2.05, 4.69) is 45.3 Å². The van der Waals surface area contributed by atoms with Crippen LogP contribution in [0.2, 0.25) is 0 Å². The van der Waals surface area contributed by atoms with Crippen LogP contribution in [-0.2, 0) is 29.8 Å². The summed E-state index contributed by atoms with van der Waals surface area (Å²) in [5.74, 6) is 0.496. The van der Waals surface area contributed by atoms with Gasteiger partial charge in [0.2, 0.25) is 5.69 Å². The van der Waals surface area contributed by atoms with Gasteiger partial charge in [-0.2, -0.15) is 0 Å². The van der Waals surface area contributed by atoms with Gasteiger partial charge in [-0.05, 0) is 47.2 Å². The number of unbranched alkanes of at least 4 members (excludes halogenated alkanes) is 11. The number of halogens is 1. The Hall–Kier alpha value is -2.94. The van der Waals surface area contributed by atoms with E-state index in [0.29, 0.717) is 12.2 Å². The number of nitrogens with zero attached hydrogens (tertiary/aromatic N) is 2. The number of hydrogen-bond acceptors (Lipinski definition) is 4. The number of aryl methyl sites for hydroxylation is 1. The first-order valence-electron chi connectivity index (χ1n) is 18.5. The van der Waals surface area contributed by atoms with Gasteiger partial charge in [-0.3, -0.25) is 4.79 Å². The van der Waals surface area contributed by atoms with Gasteiger partial charge in [-0.15, -0.1) is 0 Å². The molecule has 6 nitrogen and oxygen atoms in total. The molecule has 0 bridgehead atoms. The van der Waals surface area contributed by atoms with Crippen LogP contribution in [0.5, 0.6) is 5.75 Å². The van der Waals surface area contributed by atoms with Gasteiger partial charge in [0.15, 0.2) is 6.20 Å².